The molecule has 1 fully saturated rings. The number of benzene rings is 1. The standard InChI is InChI=1S/C15H22N2OS/c1-16-9-13-10-17(6-7-18-13)11-14-8-12-4-2-3-5-15(12)19-14/h2-5,13-14,16H,6-11H2,1H3. The van der Waals surface area contributed by atoms with Crippen molar-refractivity contribution in [2.75, 3.05) is 39.8 Å². The fourth-order valence-electron chi connectivity index (χ4n) is 2.94. The first-order chi connectivity index (χ1) is 9.35. The summed E-state index contributed by atoms with van der Waals surface area (Å²) in [6.07, 6.45) is 1.57. The summed E-state index contributed by atoms with van der Waals surface area (Å²) in [7, 11) is 1.99. The van der Waals surface area contributed by atoms with Crippen molar-refractivity contribution in [1.29, 1.82) is 0 Å². The first-order valence-electron chi connectivity index (χ1n) is 7.08. The third-order valence-electron chi connectivity index (χ3n) is 3.83. The minimum Gasteiger partial charge on any atom is -0.374 e. The molecular weight excluding hydrogens is 256 g/mol. The van der Waals surface area contributed by atoms with Gasteiger partial charge in [-0.3, -0.25) is 4.90 Å². The van der Waals surface area contributed by atoms with E-state index in [0.717, 1.165) is 26.2 Å². The summed E-state index contributed by atoms with van der Waals surface area (Å²) in [4.78, 5) is 4.04. The number of rotatable bonds is 4. The molecule has 3 rings (SSSR count). The van der Waals surface area contributed by atoms with Crippen LogP contribution in [0.15, 0.2) is 29.2 Å². The summed E-state index contributed by atoms with van der Waals surface area (Å²) in [6.45, 7) is 5.15. The van der Waals surface area contributed by atoms with Crippen LogP contribution in [0.5, 0.6) is 0 Å². The van der Waals surface area contributed by atoms with Gasteiger partial charge in [-0.05, 0) is 25.1 Å². The fourth-order valence-corrected chi connectivity index (χ4v) is 4.31. The lowest BCUT2D eigenvalue weighted by atomic mass is 10.1. The zero-order chi connectivity index (χ0) is 13.1. The van der Waals surface area contributed by atoms with Crippen LogP contribution in [-0.4, -0.2) is 56.1 Å². The molecule has 19 heavy (non-hydrogen) atoms. The quantitative estimate of drug-likeness (QED) is 0.904. The largest absolute Gasteiger partial charge is 0.374 e. The SMILES string of the molecule is CNCC1CN(CC2Cc3ccccc3S2)CCO1. The second kappa shape index (κ2) is 6.27. The molecule has 1 aromatic carbocycles. The molecule has 1 aromatic rings. The van der Waals surface area contributed by atoms with Gasteiger partial charge < -0.3 is 10.1 Å². The smallest absolute Gasteiger partial charge is 0.0826 e. The minimum atomic E-state index is 0.354. The molecule has 0 spiro atoms. The van der Waals surface area contributed by atoms with Gasteiger partial charge in [0, 0.05) is 36.3 Å². The molecule has 0 saturated carbocycles. The monoisotopic (exact) mass is 278 g/mol. The summed E-state index contributed by atoms with van der Waals surface area (Å²) in [5.41, 5.74) is 1.53. The molecule has 0 radical (unpaired) electrons. The first kappa shape index (κ1) is 13.4. The van der Waals surface area contributed by atoms with Crippen molar-refractivity contribution in [1.82, 2.24) is 10.2 Å². The highest BCUT2D eigenvalue weighted by Gasteiger charge is 2.26. The zero-order valence-corrected chi connectivity index (χ0v) is 12.3. The van der Waals surface area contributed by atoms with Crippen LogP contribution in [0.2, 0.25) is 0 Å². The van der Waals surface area contributed by atoms with Gasteiger partial charge in [0.2, 0.25) is 0 Å². The van der Waals surface area contributed by atoms with Crippen molar-refractivity contribution < 1.29 is 4.74 Å². The third-order valence-corrected chi connectivity index (χ3v) is 5.13. The van der Waals surface area contributed by atoms with Gasteiger partial charge in [0.1, 0.15) is 0 Å². The molecule has 104 valence electrons. The summed E-state index contributed by atoms with van der Waals surface area (Å²) < 4.78 is 5.76. The van der Waals surface area contributed by atoms with Gasteiger partial charge in [0.25, 0.3) is 0 Å². The van der Waals surface area contributed by atoms with Gasteiger partial charge in [-0.25, -0.2) is 0 Å². The van der Waals surface area contributed by atoms with E-state index in [9.17, 15) is 0 Å². The Bertz CT molecular complexity index is 399. The van der Waals surface area contributed by atoms with Gasteiger partial charge >= 0.3 is 0 Å². The topological polar surface area (TPSA) is 24.5 Å². The molecule has 2 heterocycles. The Morgan fingerprint density at radius 2 is 2.32 bits per heavy atom. The van der Waals surface area contributed by atoms with Gasteiger partial charge in [-0.2, -0.15) is 0 Å². The number of fused-ring (bicyclic) bond motifs is 1. The van der Waals surface area contributed by atoms with Crippen molar-refractivity contribution in [3.05, 3.63) is 29.8 Å². The third kappa shape index (κ3) is 3.31. The number of nitrogens with zero attached hydrogens (tertiary/aromatic N) is 1. The van der Waals surface area contributed by atoms with Crippen LogP contribution >= 0.6 is 11.8 Å². The van der Waals surface area contributed by atoms with Gasteiger partial charge in [0.05, 0.1) is 12.7 Å². The number of thioether (sulfide) groups is 1. The van der Waals surface area contributed by atoms with E-state index < -0.39 is 0 Å². The van der Waals surface area contributed by atoms with E-state index >= 15 is 0 Å². The summed E-state index contributed by atoms with van der Waals surface area (Å²) in [5.74, 6) is 0. The van der Waals surface area contributed by atoms with Crippen LogP contribution in [0.3, 0.4) is 0 Å². The lowest BCUT2D eigenvalue weighted by Crippen LogP contribution is -2.48. The lowest BCUT2D eigenvalue weighted by Gasteiger charge is -2.34. The number of nitrogens with one attached hydrogen (secondary N) is 1. The second-order valence-electron chi connectivity index (χ2n) is 5.36. The number of hydrogen-bond acceptors (Lipinski definition) is 4. The predicted molar refractivity (Wildman–Crippen MR) is 79.9 cm³/mol. The lowest BCUT2D eigenvalue weighted by molar-refractivity contribution is -0.0258. The maximum absolute atomic E-state index is 5.76. The molecule has 2 unspecified atom stereocenters. The van der Waals surface area contributed by atoms with E-state index in [1.54, 1.807) is 0 Å². The molecule has 0 bridgehead atoms. The Labute approximate surface area is 119 Å². The van der Waals surface area contributed by atoms with E-state index in [1.165, 1.54) is 23.4 Å². The van der Waals surface area contributed by atoms with E-state index in [0.29, 0.717) is 11.4 Å². The number of morpholine rings is 1. The maximum Gasteiger partial charge on any atom is 0.0826 e. The number of ether oxygens (including phenoxy) is 1. The molecule has 1 saturated heterocycles. The molecule has 2 atom stereocenters. The normalized spacial score (nSPS) is 27.4. The fraction of sp³-hybridized carbons (Fsp3) is 0.600. The summed E-state index contributed by atoms with van der Waals surface area (Å²) >= 11 is 2.05. The Balaban J connectivity index is 1.53. The van der Waals surface area contributed by atoms with Crippen molar-refractivity contribution in [2.24, 2.45) is 0 Å². The van der Waals surface area contributed by atoms with E-state index in [2.05, 4.69) is 34.5 Å². The van der Waals surface area contributed by atoms with Crippen molar-refractivity contribution >= 4 is 11.8 Å². The zero-order valence-electron chi connectivity index (χ0n) is 11.5. The number of hydrogen-bond donors (Lipinski definition) is 1. The van der Waals surface area contributed by atoms with Crippen molar-refractivity contribution in [2.45, 2.75) is 22.7 Å². The molecule has 0 aromatic heterocycles. The molecule has 0 amide bonds. The summed E-state index contributed by atoms with van der Waals surface area (Å²) in [6, 6.07) is 8.82. The van der Waals surface area contributed by atoms with Crippen molar-refractivity contribution in [3.8, 4) is 0 Å². The Morgan fingerprint density at radius 3 is 3.16 bits per heavy atom. The molecule has 4 heteroatoms. The predicted octanol–water partition coefficient (Wildman–Crippen LogP) is 1.62. The maximum atomic E-state index is 5.76. The molecule has 2 aliphatic heterocycles. The van der Waals surface area contributed by atoms with E-state index in [4.69, 9.17) is 4.74 Å². The summed E-state index contributed by atoms with van der Waals surface area (Å²) in [5, 5.41) is 3.92. The van der Waals surface area contributed by atoms with Gasteiger partial charge in [0.15, 0.2) is 0 Å². The van der Waals surface area contributed by atoms with Crippen LogP contribution in [-0.2, 0) is 11.2 Å². The van der Waals surface area contributed by atoms with Crippen LogP contribution in [0.4, 0.5) is 0 Å². The van der Waals surface area contributed by atoms with Crippen LogP contribution in [0.25, 0.3) is 0 Å². The molecule has 0 aliphatic carbocycles. The van der Waals surface area contributed by atoms with Crippen LogP contribution in [0.1, 0.15) is 5.56 Å². The molecule has 2 aliphatic rings. The molecule has 3 nitrogen and oxygen atoms in total. The van der Waals surface area contributed by atoms with Gasteiger partial charge in [-0.15, -0.1) is 11.8 Å². The Kier molecular flexibility index (Phi) is 4.43. The molecular formula is C15H22N2OS. The average Bonchev–Trinajstić information content (AvgIpc) is 2.81. The highest BCUT2D eigenvalue weighted by molar-refractivity contribution is 8.00. The van der Waals surface area contributed by atoms with Gasteiger partial charge in [-0.1, -0.05) is 18.2 Å². The van der Waals surface area contributed by atoms with Crippen molar-refractivity contribution in [3.63, 3.8) is 0 Å². The average molecular weight is 278 g/mol. The highest BCUT2D eigenvalue weighted by Crippen LogP contribution is 2.37. The first-order valence-corrected chi connectivity index (χ1v) is 7.96. The number of likely N-dealkylation sites (N-methyl/N-ethyl adjacent to an activating group) is 1. The van der Waals surface area contributed by atoms with E-state index in [-0.39, 0.29) is 0 Å². The van der Waals surface area contributed by atoms with E-state index in [1.807, 2.05) is 18.8 Å². The Hall–Kier alpha value is -0.550. The molecule has 1 N–H and O–H groups in total. The van der Waals surface area contributed by atoms with Crippen LogP contribution < -0.4 is 5.32 Å². The second-order valence-corrected chi connectivity index (χ2v) is 6.70. The highest BCUT2D eigenvalue weighted by atomic mass is 32.2. The van der Waals surface area contributed by atoms with Crippen LogP contribution in [0, 0.1) is 0 Å². The minimum absolute atomic E-state index is 0.354. The Morgan fingerprint density at radius 1 is 1.42 bits per heavy atom.